The Hall–Kier alpha value is -6.88. The van der Waals surface area contributed by atoms with Crippen LogP contribution in [0.4, 0.5) is 0 Å². The van der Waals surface area contributed by atoms with Crippen LogP contribution in [0.3, 0.4) is 0 Å². The minimum absolute atomic E-state index is 0.200. The molecule has 3 aliphatic rings. The number of fused-ring (bicyclic) bond motifs is 13. The predicted octanol–water partition coefficient (Wildman–Crippen LogP) is 13.7. The summed E-state index contributed by atoms with van der Waals surface area (Å²) in [4.78, 5) is 18.1. The van der Waals surface area contributed by atoms with Crippen LogP contribution in [0.2, 0.25) is 0 Å². The van der Waals surface area contributed by atoms with Gasteiger partial charge in [-0.15, -0.1) is 0 Å². The van der Waals surface area contributed by atoms with E-state index >= 15 is 0 Å². The smallest absolute Gasteiger partial charge is 0.164 e. The van der Waals surface area contributed by atoms with E-state index in [0.717, 1.165) is 22.3 Å². The fourth-order valence-electron chi connectivity index (χ4n) is 10.1. The zero-order valence-corrected chi connectivity index (χ0v) is 33.5. The van der Waals surface area contributed by atoms with Gasteiger partial charge in [0.15, 0.2) is 17.5 Å². The van der Waals surface area contributed by atoms with Crippen LogP contribution < -0.4 is 0 Å². The van der Waals surface area contributed by atoms with Gasteiger partial charge in [0.2, 0.25) is 0 Å². The maximum atomic E-state index is 5.22. The van der Waals surface area contributed by atoms with E-state index in [4.69, 9.17) is 15.0 Å². The molecule has 12 rings (SSSR count). The highest BCUT2D eigenvalue weighted by atomic mass is 32.2. The Balaban J connectivity index is 1.06. The molecule has 0 bridgehead atoms. The molecule has 1 aliphatic heterocycles. The monoisotopic (exact) mass is 771 g/mol. The number of hydrogen-bond acceptors (Lipinski definition) is 4. The number of hydrogen-bond donors (Lipinski definition) is 0. The summed E-state index contributed by atoms with van der Waals surface area (Å²) in [5.41, 5.74) is 17.8. The van der Waals surface area contributed by atoms with Crippen molar-refractivity contribution in [1.82, 2.24) is 15.0 Å². The standard InChI is InChI=1S/C55H37N3S/c1-54(2)42-30-29-38(53-57-51(36-17-7-4-8-18-36)56-52(58-53)37-27-25-35(26-28-37)34-15-5-3-6-16-34)33-41(42)49-46(54)31-32-47-50(49)59-48-24-14-13-23-45(48)55(47)43-21-11-9-19-39(43)40-20-10-12-22-44(40)55/h3-33H,1-2H3. The van der Waals surface area contributed by atoms with E-state index in [2.05, 4.69) is 178 Å². The third-order valence-electron chi connectivity index (χ3n) is 12.8. The van der Waals surface area contributed by atoms with E-state index in [0.29, 0.717) is 17.5 Å². The van der Waals surface area contributed by atoms with Crippen molar-refractivity contribution >= 4 is 11.8 Å². The Bertz CT molecular complexity index is 3110. The highest BCUT2D eigenvalue weighted by Crippen LogP contribution is 2.65. The molecule has 9 aromatic rings. The van der Waals surface area contributed by atoms with Gasteiger partial charge in [-0.05, 0) is 73.3 Å². The molecule has 8 aromatic carbocycles. The predicted molar refractivity (Wildman–Crippen MR) is 241 cm³/mol. The van der Waals surface area contributed by atoms with Gasteiger partial charge in [-0.25, -0.2) is 15.0 Å². The van der Waals surface area contributed by atoms with Crippen molar-refractivity contribution in [1.29, 1.82) is 0 Å². The normalized spacial score (nSPS) is 14.5. The van der Waals surface area contributed by atoms with Crippen LogP contribution in [0, 0.1) is 0 Å². The fraction of sp³-hybridized carbons (Fsp3) is 0.0727. The Morgan fingerprint density at radius 2 is 0.814 bits per heavy atom. The molecular weight excluding hydrogens is 735 g/mol. The van der Waals surface area contributed by atoms with Crippen LogP contribution in [0.1, 0.15) is 47.2 Å². The van der Waals surface area contributed by atoms with Gasteiger partial charge in [-0.1, -0.05) is 202 Å². The quantitative estimate of drug-likeness (QED) is 0.179. The average Bonchev–Trinajstić information content (AvgIpc) is 3.72. The number of rotatable bonds is 4. The number of nitrogens with zero attached hydrogens (tertiary/aromatic N) is 3. The van der Waals surface area contributed by atoms with Crippen LogP contribution in [-0.4, -0.2) is 15.0 Å². The molecule has 1 spiro atoms. The lowest BCUT2D eigenvalue weighted by atomic mass is 9.66. The fourth-order valence-corrected chi connectivity index (χ4v) is 11.4. The topological polar surface area (TPSA) is 38.7 Å². The molecule has 0 unspecified atom stereocenters. The van der Waals surface area contributed by atoms with Crippen LogP contribution in [0.15, 0.2) is 198 Å². The summed E-state index contributed by atoms with van der Waals surface area (Å²) < 4.78 is 0. The summed E-state index contributed by atoms with van der Waals surface area (Å²) in [5.74, 6) is 1.97. The summed E-state index contributed by atoms with van der Waals surface area (Å²) in [7, 11) is 0. The van der Waals surface area contributed by atoms with Gasteiger partial charge in [-0.2, -0.15) is 0 Å². The largest absolute Gasteiger partial charge is 0.208 e. The minimum atomic E-state index is -0.437. The van der Waals surface area contributed by atoms with E-state index in [1.807, 2.05) is 36.0 Å². The molecule has 0 saturated heterocycles. The van der Waals surface area contributed by atoms with Crippen molar-refractivity contribution in [3.63, 3.8) is 0 Å². The molecule has 0 N–H and O–H groups in total. The van der Waals surface area contributed by atoms with Crippen molar-refractivity contribution < 1.29 is 0 Å². The molecule has 278 valence electrons. The maximum absolute atomic E-state index is 5.22. The van der Waals surface area contributed by atoms with Gasteiger partial charge in [0.25, 0.3) is 0 Å². The zero-order chi connectivity index (χ0) is 39.3. The SMILES string of the molecule is CC1(C)c2ccc(-c3nc(-c4ccccc4)nc(-c4ccc(-c5ccccc5)cc4)n3)cc2-c2c1ccc1c2Sc2ccccc2C12c1ccccc1-c1ccccc12. The van der Waals surface area contributed by atoms with Gasteiger partial charge < -0.3 is 0 Å². The van der Waals surface area contributed by atoms with Gasteiger partial charge in [0, 0.05) is 37.5 Å². The van der Waals surface area contributed by atoms with Crippen molar-refractivity contribution in [2.45, 2.75) is 34.5 Å². The first-order valence-corrected chi connectivity index (χ1v) is 21.1. The highest BCUT2D eigenvalue weighted by Gasteiger charge is 2.52. The van der Waals surface area contributed by atoms with E-state index < -0.39 is 5.41 Å². The first-order valence-electron chi connectivity index (χ1n) is 20.3. The van der Waals surface area contributed by atoms with Crippen molar-refractivity contribution in [3.05, 3.63) is 221 Å². The molecule has 2 aliphatic carbocycles. The molecule has 0 amide bonds. The Kier molecular flexibility index (Phi) is 7.42. The van der Waals surface area contributed by atoms with Crippen LogP contribution >= 0.6 is 11.8 Å². The van der Waals surface area contributed by atoms with Crippen molar-refractivity contribution in [3.8, 4) is 67.5 Å². The molecule has 3 nitrogen and oxygen atoms in total. The van der Waals surface area contributed by atoms with E-state index in [1.54, 1.807) is 0 Å². The summed E-state index contributed by atoms with van der Waals surface area (Å²) in [6.07, 6.45) is 0. The second-order valence-corrected chi connectivity index (χ2v) is 17.4. The molecule has 0 radical (unpaired) electrons. The van der Waals surface area contributed by atoms with Crippen LogP contribution in [0.25, 0.3) is 67.5 Å². The van der Waals surface area contributed by atoms with Gasteiger partial charge >= 0.3 is 0 Å². The second kappa shape index (κ2) is 12.8. The molecular formula is C55H37N3S. The lowest BCUT2D eigenvalue weighted by Gasteiger charge is -2.40. The first kappa shape index (κ1) is 34.2. The Morgan fingerprint density at radius 1 is 0.356 bits per heavy atom. The number of aromatic nitrogens is 3. The molecule has 0 saturated carbocycles. The van der Waals surface area contributed by atoms with Gasteiger partial charge in [0.1, 0.15) is 0 Å². The Labute approximate surface area is 348 Å². The maximum Gasteiger partial charge on any atom is 0.164 e. The average molecular weight is 772 g/mol. The van der Waals surface area contributed by atoms with Crippen molar-refractivity contribution in [2.75, 3.05) is 0 Å². The second-order valence-electron chi connectivity index (χ2n) is 16.3. The van der Waals surface area contributed by atoms with Crippen molar-refractivity contribution in [2.24, 2.45) is 0 Å². The lowest BCUT2D eigenvalue weighted by Crippen LogP contribution is -2.32. The first-order chi connectivity index (χ1) is 29.0. The molecule has 4 heteroatoms. The third-order valence-corrected chi connectivity index (χ3v) is 14.0. The molecule has 2 heterocycles. The molecule has 0 atom stereocenters. The van der Waals surface area contributed by atoms with E-state index in [9.17, 15) is 0 Å². The van der Waals surface area contributed by atoms with E-state index in [-0.39, 0.29) is 5.41 Å². The summed E-state index contributed by atoms with van der Waals surface area (Å²) in [6.45, 7) is 4.74. The summed E-state index contributed by atoms with van der Waals surface area (Å²) in [5, 5.41) is 0. The lowest BCUT2D eigenvalue weighted by molar-refractivity contribution is 0.656. The highest BCUT2D eigenvalue weighted by molar-refractivity contribution is 7.99. The number of benzene rings is 8. The molecule has 59 heavy (non-hydrogen) atoms. The van der Waals surface area contributed by atoms with Gasteiger partial charge in [0.05, 0.1) is 5.41 Å². The molecule has 1 aromatic heterocycles. The minimum Gasteiger partial charge on any atom is -0.208 e. The summed E-state index contributed by atoms with van der Waals surface area (Å²) >= 11 is 1.92. The zero-order valence-electron chi connectivity index (χ0n) is 32.6. The molecule has 0 fully saturated rings. The third kappa shape index (κ3) is 4.93. The van der Waals surface area contributed by atoms with Gasteiger partial charge in [-0.3, -0.25) is 0 Å². The van der Waals surface area contributed by atoms with Crippen LogP contribution in [-0.2, 0) is 10.8 Å². The van der Waals surface area contributed by atoms with Crippen LogP contribution in [0.5, 0.6) is 0 Å². The van der Waals surface area contributed by atoms with E-state index in [1.165, 1.54) is 71.0 Å². The summed E-state index contributed by atoms with van der Waals surface area (Å²) in [6, 6.07) is 68.1. The Morgan fingerprint density at radius 3 is 1.47 bits per heavy atom.